The number of phenols is 1. The maximum atomic E-state index is 9.11. The maximum Gasteiger partial charge on any atom is 0.115 e. The van der Waals surface area contributed by atoms with Gasteiger partial charge in [-0.25, -0.2) is 4.98 Å². The normalized spacial score (nSPS) is 10.4. The molecular weight excluding hydrogens is 194 g/mol. The molecule has 1 heterocycles. The molecule has 0 amide bonds. The van der Waals surface area contributed by atoms with Crippen molar-refractivity contribution in [3.63, 3.8) is 0 Å². The zero-order valence-corrected chi connectivity index (χ0v) is 8.71. The monoisotopic (exact) mass is 205 g/mol. The van der Waals surface area contributed by atoms with E-state index in [0.29, 0.717) is 5.75 Å². The first-order valence-electron chi connectivity index (χ1n) is 4.43. The number of nitrogens with zero attached hydrogens (tertiary/aromatic N) is 1. The second-order valence-corrected chi connectivity index (χ2v) is 4.53. The molecule has 0 fully saturated rings. The van der Waals surface area contributed by atoms with Gasteiger partial charge in [0.25, 0.3) is 0 Å². The van der Waals surface area contributed by atoms with Crippen LogP contribution in [0.3, 0.4) is 0 Å². The molecule has 2 rings (SSSR count). The van der Waals surface area contributed by atoms with Crippen LogP contribution in [-0.4, -0.2) is 10.1 Å². The molecule has 1 aromatic carbocycles. The first-order valence-corrected chi connectivity index (χ1v) is 5.25. The summed E-state index contributed by atoms with van der Waals surface area (Å²) < 4.78 is 0. The molecule has 2 aromatic rings. The van der Waals surface area contributed by atoms with Crippen molar-refractivity contribution < 1.29 is 5.11 Å². The first-order chi connectivity index (χ1) is 6.74. The van der Waals surface area contributed by atoms with Crippen molar-refractivity contribution in [1.29, 1.82) is 0 Å². The lowest BCUT2D eigenvalue weighted by Gasteiger charge is -1.97. The number of aryl methyl sites for hydroxylation is 1. The Morgan fingerprint density at radius 2 is 2.00 bits per heavy atom. The molecule has 1 aromatic heterocycles. The molecule has 0 unspecified atom stereocenters. The summed E-state index contributed by atoms with van der Waals surface area (Å²) in [6, 6.07) is 7.25. The van der Waals surface area contributed by atoms with E-state index in [0.717, 1.165) is 11.4 Å². The zero-order valence-electron chi connectivity index (χ0n) is 7.90. The highest BCUT2D eigenvalue weighted by atomic mass is 32.1. The molecular formula is C11H11NOS. The molecule has 0 bridgehead atoms. The lowest BCUT2D eigenvalue weighted by molar-refractivity contribution is 0.475. The highest BCUT2D eigenvalue weighted by molar-refractivity contribution is 7.11. The van der Waals surface area contributed by atoms with Crippen molar-refractivity contribution in [2.24, 2.45) is 0 Å². The smallest absolute Gasteiger partial charge is 0.115 e. The Balaban J connectivity index is 2.15. The van der Waals surface area contributed by atoms with Crippen LogP contribution in [0.1, 0.15) is 15.4 Å². The van der Waals surface area contributed by atoms with Crippen molar-refractivity contribution in [2.75, 3.05) is 0 Å². The van der Waals surface area contributed by atoms with Gasteiger partial charge in [0.2, 0.25) is 0 Å². The van der Waals surface area contributed by atoms with Crippen LogP contribution in [0, 0.1) is 6.92 Å². The van der Waals surface area contributed by atoms with Gasteiger partial charge in [-0.1, -0.05) is 12.1 Å². The van der Waals surface area contributed by atoms with E-state index in [2.05, 4.69) is 11.9 Å². The quantitative estimate of drug-likeness (QED) is 0.817. The molecule has 3 heteroatoms. The molecule has 14 heavy (non-hydrogen) atoms. The topological polar surface area (TPSA) is 33.1 Å². The SMILES string of the molecule is Cc1cnc(Cc2ccc(O)cc2)s1. The minimum atomic E-state index is 0.309. The third kappa shape index (κ3) is 2.12. The van der Waals surface area contributed by atoms with Crippen molar-refractivity contribution in [3.8, 4) is 5.75 Å². The average Bonchev–Trinajstić information content (AvgIpc) is 2.56. The van der Waals surface area contributed by atoms with Gasteiger partial charge in [-0.2, -0.15) is 0 Å². The Kier molecular flexibility index (Phi) is 2.50. The first kappa shape index (κ1) is 9.21. The Hall–Kier alpha value is -1.35. The number of rotatable bonds is 2. The molecule has 1 N–H and O–H groups in total. The molecule has 2 nitrogen and oxygen atoms in total. The molecule has 0 saturated carbocycles. The zero-order chi connectivity index (χ0) is 9.97. The van der Waals surface area contributed by atoms with E-state index in [1.54, 1.807) is 23.5 Å². The Bertz CT molecular complexity index is 419. The van der Waals surface area contributed by atoms with Crippen LogP contribution in [0.4, 0.5) is 0 Å². The lowest BCUT2D eigenvalue weighted by Crippen LogP contribution is -1.85. The summed E-state index contributed by atoms with van der Waals surface area (Å²) in [6.45, 7) is 2.05. The fraction of sp³-hybridized carbons (Fsp3) is 0.182. The summed E-state index contributed by atoms with van der Waals surface area (Å²) in [5, 5.41) is 10.2. The van der Waals surface area contributed by atoms with Crippen molar-refractivity contribution in [3.05, 3.63) is 45.9 Å². The second-order valence-electron chi connectivity index (χ2n) is 3.21. The molecule has 72 valence electrons. The molecule has 0 aliphatic rings. The third-order valence-electron chi connectivity index (χ3n) is 1.96. The van der Waals surface area contributed by atoms with Gasteiger partial charge in [-0.3, -0.25) is 0 Å². The van der Waals surface area contributed by atoms with Gasteiger partial charge in [0.1, 0.15) is 5.75 Å². The van der Waals surface area contributed by atoms with Gasteiger partial charge in [0.15, 0.2) is 0 Å². The highest BCUT2D eigenvalue weighted by Crippen LogP contribution is 2.17. The van der Waals surface area contributed by atoms with Gasteiger partial charge in [-0.05, 0) is 24.6 Å². The second kappa shape index (κ2) is 3.80. The standard InChI is InChI=1S/C11H11NOS/c1-8-7-12-11(14-8)6-9-2-4-10(13)5-3-9/h2-5,7,13H,6H2,1H3. The largest absolute Gasteiger partial charge is 0.508 e. The number of phenolic OH excluding ortho intramolecular Hbond substituents is 1. The average molecular weight is 205 g/mol. The number of aromatic hydroxyl groups is 1. The van der Waals surface area contributed by atoms with E-state index in [4.69, 9.17) is 5.11 Å². The van der Waals surface area contributed by atoms with Gasteiger partial charge in [0.05, 0.1) is 5.01 Å². The van der Waals surface area contributed by atoms with Crippen LogP contribution in [0.2, 0.25) is 0 Å². The summed E-state index contributed by atoms with van der Waals surface area (Å²) in [5.41, 5.74) is 1.18. The Morgan fingerprint density at radius 1 is 1.29 bits per heavy atom. The predicted molar refractivity (Wildman–Crippen MR) is 57.8 cm³/mol. The van der Waals surface area contributed by atoms with Crippen LogP contribution in [0.25, 0.3) is 0 Å². The third-order valence-corrected chi connectivity index (χ3v) is 2.87. The number of aromatic nitrogens is 1. The maximum absolute atomic E-state index is 9.11. The molecule has 0 radical (unpaired) electrons. The van der Waals surface area contributed by atoms with E-state index in [1.165, 1.54) is 10.4 Å². The van der Waals surface area contributed by atoms with E-state index in [-0.39, 0.29) is 0 Å². The number of thiazole rings is 1. The fourth-order valence-corrected chi connectivity index (χ4v) is 2.09. The van der Waals surface area contributed by atoms with E-state index >= 15 is 0 Å². The van der Waals surface area contributed by atoms with Crippen molar-refractivity contribution in [1.82, 2.24) is 4.98 Å². The summed E-state index contributed by atoms with van der Waals surface area (Å²) in [5.74, 6) is 0.309. The van der Waals surface area contributed by atoms with Gasteiger partial charge in [-0.15, -0.1) is 11.3 Å². The van der Waals surface area contributed by atoms with Gasteiger partial charge in [0, 0.05) is 17.5 Å². The van der Waals surface area contributed by atoms with Crippen LogP contribution < -0.4 is 0 Å². The predicted octanol–water partition coefficient (Wildman–Crippen LogP) is 2.75. The van der Waals surface area contributed by atoms with Gasteiger partial charge < -0.3 is 5.11 Å². The number of hydrogen-bond donors (Lipinski definition) is 1. The van der Waals surface area contributed by atoms with Crippen LogP contribution in [-0.2, 0) is 6.42 Å². The lowest BCUT2D eigenvalue weighted by atomic mass is 10.1. The van der Waals surface area contributed by atoms with Crippen molar-refractivity contribution >= 4 is 11.3 Å². The van der Waals surface area contributed by atoms with Crippen LogP contribution in [0.15, 0.2) is 30.5 Å². The fourth-order valence-electron chi connectivity index (χ4n) is 1.27. The molecule has 0 atom stereocenters. The molecule has 0 aliphatic carbocycles. The molecule has 0 aliphatic heterocycles. The summed E-state index contributed by atoms with van der Waals surface area (Å²) >= 11 is 1.71. The minimum Gasteiger partial charge on any atom is -0.508 e. The summed E-state index contributed by atoms with van der Waals surface area (Å²) in [6.07, 6.45) is 2.74. The van der Waals surface area contributed by atoms with Crippen molar-refractivity contribution in [2.45, 2.75) is 13.3 Å². The van der Waals surface area contributed by atoms with E-state index in [1.807, 2.05) is 18.3 Å². The number of benzene rings is 1. The highest BCUT2D eigenvalue weighted by Gasteiger charge is 2.00. The van der Waals surface area contributed by atoms with Crippen LogP contribution >= 0.6 is 11.3 Å². The van der Waals surface area contributed by atoms with Crippen LogP contribution in [0.5, 0.6) is 5.75 Å². The minimum absolute atomic E-state index is 0.309. The summed E-state index contributed by atoms with van der Waals surface area (Å²) in [7, 11) is 0. The number of hydrogen-bond acceptors (Lipinski definition) is 3. The van der Waals surface area contributed by atoms with E-state index < -0.39 is 0 Å². The van der Waals surface area contributed by atoms with Gasteiger partial charge >= 0.3 is 0 Å². The Labute approximate surface area is 86.9 Å². The molecule has 0 saturated heterocycles. The summed E-state index contributed by atoms with van der Waals surface area (Å²) in [4.78, 5) is 5.52. The van der Waals surface area contributed by atoms with E-state index in [9.17, 15) is 0 Å². The molecule has 0 spiro atoms. The Morgan fingerprint density at radius 3 is 2.57 bits per heavy atom.